The van der Waals surface area contributed by atoms with Crippen LogP contribution in [0.25, 0.3) is 0 Å². The number of sulfonamides is 2. The van der Waals surface area contributed by atoms with E-state index in [1.165, 1.54) is 28.6 Å². The number of amides is 1. The number of benzene rings is 3. The summed E-state index contributed by atoms with van der Waals surface area (Å²) in [5, 5.41) is 3.05. The maximum atomic E-state index is 13.5. The second kappa shape index (κ2) is 13.0. The van der Waals surface area contributed by atoms with Crippen LogP contribution in [0.5, 0.6) is 5.75 Å². The molecule has 1 aliphatic rings. The van der Waals surface area contributed by atoms with Crippen LogP contribution in [0, 0.1) is 6.92 Å². The lowest BCUT2D eigenvalue weighted by atomic mass is 10.2. The van der Waals surface area contributed by atoms with Crippen molar-refractivity contribution in [1.29, 1.82) is 0 Å². The van der Waals surface area contributed by atoms with E-state index in [1.54, 1.807) is 55.5 Å². The molecular formula is C27H30ClN3O7S2. The standard InChI is InChI=1S/C27H30ClN3O7S2/c1-21-25(28)8-5-9-26(21)31(40(35,36)23-6-3-2-4-7-23)20-27(32)29-14-17-38-22-10-12-24(13-11-22)39(33,34)30-15-18-37-19-16-30/h2-13H,14-20H2,1H3,(H,29,32). The molecule has 0 unspecified atom stereocenters. The molecule has 3 aromatic carbocycles. The maximum absolute atomic E-state index is 13.5. The van der Waals surface area contributed by atoms with Gasteiger partial charge in [-0.05, 0) is 61.0 Å². The Morgan fingerprint density at radius 3 is 2.30 bits per heavy atom. The first-order valence-corrected chi connectivity index (χ1v) is 15.8. The van der Waals surface area contributed by atoms with Gasteiger partial charge in [0.25, 0.3) is 10.0 Å². The van der Waals surface area contributed by atoms with Gasteiger partial charge in [0.1, 0.15) is 18.9 Å². The third kappa shape index (κ3) is 6.94. The molecule has 214 valence electrons. The molecule has 1 N–H and O–H groups in total. The van der Waals surface area contributed by atoms with Crippen molar-refractivity contribution in [3.8, 4) is 5.75 Å². The van der Waals surface area contributed by atoms with Crippen molar-refractivity contribution in [2.75, 3.05) is 50.3 Å². The first kappa shape index (κ1) is 29.8. The summed E-state index contributed by atoms with van der Waals surface area (Å²) in [6.07, 6.45) is 0. The van der Waals surface area contributed by atoms with Crippen molar-refractivity contribution in [2.45, 2.75) is 16.7 Å². The van der Waals surface area contributed by atoms with Crippen molar-refractivity contribution in [3.05, 3.63) is 83.4 Å². The van der Waals surface area contributed by atoms with Crippen LogP contribution in [-0.4, -0.2) is 73.0 Å². The van der Waals surface area contributed by atoms with Crippen molar-refractivity contribution >= 4 is 43.2 Å². The third-order valence-electron chi connectivity index (χ3n) is 6.25. The maximum Gasteiger partial charge on any atom is 0.264 e. The Kier molecular flexibility index (Phi) is 9.69. The molecule has 0 radical (unpaired) electrons. The largest absolute Gasteiger partial charge is 0.492 e. The Morgan fingerprint density at radius 1 is 0.950 bits per heavy atom. The Balaban J connectivity index is 1.37. The molecule has 40 heavy (non-hydrogen) atoms. The molecule has 0 bridgehead atoms. The predicted molar refractivity (Wildman–Crippen MR) is 152 cm³/mol. The van der Waals surface area contributed by atoms with Crippen LogP contribution >= 0.6 is 11.6 Å². The second-order valence-electron chi connectivity index (χ2n) is 8.89. The number of hydrogen-bond acceptors (Lipinski definition) is 7. The number of carbonyl (C=O) groups is 1. The first-order valence-electron chi connectivity index (χ1n) is 12.5. The van der Waals surface area contributed by atoms with Gasteiger partial charge in [0, 0.05) is 18.1 Å². The summed E-state index contributed by atoms with van der Waals surface area (Å²) in [5.74, 6) is -0.104. The zero-order chi connectivity index (χ0) is 28.8. The van der Waals surface area contributed by atoms with Gasteiger partial charge >= 0.3 is 0 Å². The third-order valence-corrected chi connectivity index (χ3v) is 10.3. The average Bonchev–Trinajstić information content (AvgIpc) is 2.97. The van der Waals surface area contributed by atoms with Gasteiger partial charge < -0.3 is 14.8 Å². The number of rotatable bonds is 11. The number of morpholine rings is 1. The van der Waals surface area contributed by atoms with Crippen LogP contribution in [0.3, 0.4) is 0 Å². The van der Waals surface area contributed by atoms with Gasteiger partial charge in [-0.25, -0.2) is 16.8 Å². The van der Waals surface area contributed by atoms with E-state index >= 15 is 0 Å². The summed E-state index contributed by atoms with van der Waals surface area (Å²) >= 11 is 6.25. The number of nitrogens with one attached hydrogen (secondary N) is 1. The normalized spacial score (nSPS) is 14.4. The molecule has 1 aliphatic heterocycles. The SMILES string of the molecule is Cc1c(Cl)cccc1N(CC(=O)NCCOc1ccc(S(=O)(=O)N2CCOCC2)cc1)S(=O)(=O)c1ccccc1. The Labute approximate surface area is 239 Å². The van der Waals surface area contributed by atoms with Crippen LogP contribution in [0.4, 0.5) is 5.69 Å². The molecule has 0 aliphatic carbocycles. The molecule has 13 heteroatoms. The highest BCUT2D eigenvalue weighted by Gasteiger charge is 2.29. The molecule has 1 saturated heterocycles. The molecule has 1 fully saturated rings. The molecule has 1 heterocycles. The van der Waals surface area contributed by atoms with Crippen molar-refractivity contribution in [1.82, 2.24) is 9.62 Å². The van der Waals surface area contributed by atoms with Gasteiger partial charge in [0.2, 0.25) is 15.9 Å². The minimum absolute atomic E-state index is 0.0459. The zero-order valence-electron chi connectivity index (χ0n) is 21.8. The van der Waals surface area contributed by atoms with Crippen LogP contribution < -0.4 is 14.4 Å². The summed E-state index contributed by atoms with van der Waals surface area (Å²) in [6, 6.07) is 18.8. The topological polar surface area (TPSA) is 122 Å². The van der Waals surface area contributed by atoms with Crippen LogP contribution in [0.1, 0.15) is 5.56 Å². The summed E-state index contributed by atoms with van der Waals surface area (Å²) in [5.41, 5.74) is 0.828. The smallest absolute Gasteiger partial charge is 0.264 e. The fraction of sp³-hybridized carbons (Fsp3) is 0.296. The van der Waals surface area contributed by atoms with Gasteiger partial charge in [0.05, 0.1) is 35.2 Å². The molecule has 1 amide bonds. The zero-order valence-corrected chi connectivity index (χ0v) is 24.2. The highest BCUT2D eigenvalue weighted by molar-refractivity contribution is 7.92. The van der Waals surface area contributed by atoms with Gasteiger partial charge in [0.15, 0.2) is 0 Å². The highest BCUT2D eigenvalue weighted by atomic mass is 35.5. The van der Waals surface area contributed by atoms with E-state index in [0.717, 1.165) is 4.31 Å². The molecule has 0 aromatic heterocycles. The summed E-state index contributed by atoms with van der Waals surface area (Å²) in [4.78, 5) is 13.0. The van der Waals surface area contributed by atoms with E-state index in [0.29, 0.717) is 48.3 Å². The molecule has 0 saturated carbocycles. The van der Waals surface area contributed by atoms with Gasteiger partial charge in [-0.1, -0.05) is 35.9 Å². The van der Waals surface area contributed by atoms with Crippen molar-refractivity contribution in [2.24, 2.45) is 0 Å². The lowest BCUT2D eigenvalue weighted by Crippen LogP contribution is -2.42. The van der Waals surface area contributed by atoms with Crippen LogP contribution in [-0.2, 0) is 29.6 Å². The van der Waals surface area contributed by atoms with Crippen LogP contribution in [0.2, 0.25) is 5.02 Å². The average molecular weight is 608 g/mol. The highest BCUT2D eigenvalue weighted by Crippen LogP contribution is 2.30. The minimum atomic E-state index is -4.06. The molecular weight excluding hydrogens is 578 g/mol. The second-order valence-corrected chi connectivity index (χ2v) is 13.1. The van der Waals surface area contributed by atoms with E-state index in [-0.39, 0.29) is 22.9 Å². The van der Waals surface area contributed by atoms with Crippen molar-refractivity contribution in [3.63, 3.8) is 0 Å². The summed E-state index contributed by atoms with van der Waals surface area (Å²) in [7, 11) is -7.67. The predicted octanol–water partition coefficient (Wildman–Crippen LogP) is 3.06. The molecule has 0 spiro atoms. The number of carbonyl (C=O) groups excluding carboxylic acids is 1. The Morgan fingerprint density at radius 2 is 1.62 bits per heavy atom. The quantitative estimate of drug-likeness (QED) is 0.332. The van der Waals surface area contributed by atoms with Crippen LogP contribution in [0.15, 0.2) is 82.6 Å². The molecule has 10 nitrogen and oxygen atoms in total. The molecule has 0 atom stereocenters. The van der Waals surface area contributed by atoms with Crippen molar-refractivity contribution < 1.29 is 31.1 Å². The summed E-state index contributed by atoms with van der Waals surface area (Å²) in [6.45, 7) is 2.74. The van der Waals surface area contributed by atoms with E-state index in [1.807, 2.05) is 0 Å². The lowest BCUT2D eigenvalue weighted by Gasteiger charge is -2.26. The fourth-order valence-electron chi connectivity index (χ4n) is 4.08. The van der Waals surface area contributed by atoms with E-state index in [9.17, 15) is 21.6 Å². The lowest BCUT2D eigenvalue weighted by molar-refractivity contribution is -0.119. The van der Waals surface area contributed by atoms with Gasteiger partial charge in [-0.3, -0.25) is 9.10 Å². The van der Waals surface area contributed by atoms with Gasteiger partial charge in [-0.15, -0.1) is 0 Å². The fourth-order valence-corrected chi connectivity index (χ4v) is 7.15. The van der Waals surface area contributed by atoms with Gasteiger partial charge in [-0.2, -0.15) is 4.31 Å². The monoisotopic (exact) mass is 607 g/mol. The minimum Gasteiger partial charge on any atom is -0.492 e. The first-order chi connectivity index (χ1) is 19.1. The number of hydrogen-bond donors (Lipinski definition) is 1. The molecule has 4 rings (SSSR count). The number of ether oxygens (including phenoxy) is 2. The van der Waals surface area contributed by atoms with E-state index < -0.39 is 32.5 Å². The Bertz CT molecular complexity index is 1530. The van der Waals surface area contributed by atoms with E-state index in [4.69, 9.17) is 21.1 Å². The number of anilines is 1. The Hall–Kier alpha value is -3.16. The molecule has 3 aromatic rings. The summed E-state index contributed by atoms with van der Waals surface area (Å²) < 4.78 is 65.7. The number of nitrogens with zero attached hydrogens (tertiary/aromatic N) is 2. The van der Waals surface area contributed by atoms with E-state index in [2.05, 4.69) is 5.32 Å². The number of halogens is 1.